The van der Waals surface area contributed by atoms with Gasteiger partial charge in [-0.1, -0.05) is 29.5 Å². The van der Waals surface area contributed by atoms with Gasteiger partial charge < -0.3 is 14.6 Å². The van der Waals surface area contributed by atoms with Crippen LogP contribution in [0.4, 0.5) is 5.82 Å². The van der Waals surface area contributed by atoms with E-state index in [1.807, 2.05) is 19.1 Å². The molecule has 1 N–H and O–H groups in total. The number of piperidine rings is 1. The summed E-state index contributed by atoms with van der Waals surface area (Å²) in [4.78, 5) is 25.3. The SMILES string of the molecule is Cc1cccc(Sc2nccnc2N2CCC[C@@H](C(=O)NCc3ccc(C)o3)C2)c1. The molecule has 4 rings (SSSR count). The number of rotatable bonds is 6. The zero-order valence-corrected chi connectivity index (χ0v) is 18.1. The summed E-state index contributed by atoms with van der Waals surface area (Å²) in [6, 6.07) is 12.2. The smallest absolute Gasteiger partial charge is 0.225 e. The van der Waals surface area contributed by atoms with E-state index in [0.717, 1.165) is 46.6 Å². The van der Waals surface area contributed by atoms with Gasteiger partial charge in [0.05, 0.1) is 12.5 Å². The van der Waals surface area contributed by atoms with Crippen molar-refractivity contribution in [3.8, 4) is 0 Å². The van der Waals surface area contributed by atoms with Crippen LogP contribution in [0.25, 0.3) is 0 Å². The standard InChI is InChI=1S/C23H26N4O2S/c1-16-5-3-7-20(13-16)30-23-21(24-10-11-25-23)27-12-4-6-18(15-27)22(28)26-14-19-9-8-17(2)29-19/h3,5,7-11,13,18H,4,6,12,14-15H2,1-2H3,(H,26,28)/t18-/m1/s1. The lowest BCUT2D eigenvalue weighted by molar-refractivity contribution is -0.125. The molecule has 3 aromatic rings. The molecule has 0 radical (unpaired) electrons. The minimum atomic E-state index is -0.0753. The number of benzene rings is 1. The first-order valence-electron chi connectivity index (χ1n) is 10.2. The molecule has 1 fully saturated rings. The van der Waals surface area contributed by atoms with Gasteiger partial charge in [0, 0.05) is 30.4 Å². The fourth-order valence-electron chi connectivity index (χ4n) is 3.68. The fraction of sp³-hybridized carbons (Fsp3) is 0.348. The lowest BCUT2D eigenvalue weighted by Gasteiger charge is -2.33. The number of anilines is 1. The quantitative estimate of drug-likeness (QED) is 0.636. The molecule has 0 bridgehead atoms. The van der Waals surface area contributed by atoms with E-state index in [0.29, 0.717) is 13.1 Å². The Morgan fingerprint density at radius 2 is 2.10 bits per heavy atom. The molecule has 0 unspecified atom stereocenters. The Bertz CT molecular complexity index is 1020. The highest BCUT2D eigenvalue weighted by Crippen LogP contribution is 2.34. The van der Waals surface area contributed by atoms with Gasteiger partial charge in [0.25, 0.3) is 0 Å². The zero-order chi connectivity index (χ0) is 20.9. The van der Waals surface area contributed by atoms with Gasteiger partial charge in [0.2, 0.25) is 5.91 Å². The maximum atomic E-state index is 12.7. The van der Waals surface area contributed by atoms with E-state index in [4.69, 9.17) is 4.42 Å². The predicted molar refractivity (Wildman–Crippen MR) is 118 cm³/mol. The highest BCUT2D eigenvalue weighted by atomic mass is 32.2. The monoisotopic (exact) mass is 422 g/mol. The molecule has 0 saturated carbocycles. The average Bonchev–Trinajstić information content (AvgIpc) is 3.18. The summed E-state index contributed by atoms with van der Waals surface area (Å²) in [5.74, 6) is 2.46. The first kappa shape index (κ1) is 20.5. The van der Waals surface area contributed by atoms with Gasteiger partial charge in [0.1, 0.15) is 16.5 Å². The number of nitrogens with one attached hydrogen (secondary N) is 1. The van der Waals surface area contributed by atoms with Gasteiger partial charge in [0.15, 0.2) is 5.82 Å². The van der Waals surface area contributed by atoms with Crippen LogP contribution in [-0.4, -0.2) is 29.0 Å². The molecule has 1 aliphatic heterocycles. The molecule has 6 nitrogen and oxygen atoms in total. The van der Waals surface area contributed by atoms with Gasteiger partial charge in [-0.2, -0.15) is 0 Å². The van der Waals surface area contributed by atoms with Crippen LogP contribution in [0, 0.1) is 19.8 Å². The molecular formula is C23H26N4O2S. The van der Waals surface area contributed by atoms with Crippen LogP contribution in [-0.2, 0) is 11.3 Å². The van der Waals surface area contributed by atoms with E-state index >= 15 is 0 Å². The lowest BCUT2D eigenvalue weighted by Crippen LogP contribution is -2.43. The van der Waals surface area contributed by atoms with Crippen molar-refractivity contribution in [1.82, 2.24) is 15.3 Å². The third-order valence-corrected chi connectivity index (χ3v) is 6.15. The van der Waals surface area contributed by atoms with Crippen LogP contribution in [0.5, 0.6) is 0 Å². The van der Waals surface area contributed by atoms with Crippen LogP contribution < -0.4 is 10.2 Å². The molecule has 2 aromatic heterocycles. The van der Waals surface area contributed by atoms with Crippen LogP contribution in [0.15, 0.2) is 63.1 Å². The zero-order valence-electron chi connectivity index (χ0n) is 17.3. The number of carbonyl (C=O) groups is 1. The number of nitrogens with zero attached hydrogens (tertiary/aromatic N) is 3. The topological polar surface area (TPSA) is 71.3 Å². The summed E-state index contributed by atoms with van der Waals surface area (Å²) < 4.78 is 5.55. The molecule has 1 atom stereocenters. The maximum Gasteiger partial charge on any atom is 0.225 e. The summed E-state index contributed by atoms with van der Waals surface area (Å²) in [6.07, 6.45) is 5.27. The Hall–Kier alpha value is -2.80. The molecule has 1 saturated heterocycles. The number of aryl methyl sites for hydroxylation is 2. The second-order valence-electron chi connectivity index (χ2n) is 7.62. The number of hydrogen-bond donors (Lipinski definition) is 1. The molecule has 7 heteroatoms. The lowest BCUT2D eigenvalue weighted by atomic mass is 9.97. The first-order chi connectivity index (χ1) is 14.6. The Morgan fingerprint density at radius 3 is 2.90 bits per heavy atom. The number of amides is 1. The highest BCUT2D eigenvalue weighted by Gasteiger charge is 2.28. The van der Waals surface area contributed by atoms with E-state index in [-0.39, 0.29) is 11.8 Å². The molecule has 0 spiro atoms. The molecule has 0 aliphatic carbocycles. The number of furan rings is 1. The van der Waals surface area contributed by atoms with Crippen molar-refractivity contribution in [3.05, 3.63) is 65.9 Å². The maximum absolute atomic E-state index is 12.7. The summed E-state index contributed by atoms with van der Waals surface area (Å²) >= 11 is 1.61. The summed E-state index contributed by atoms with van der Waals surface area (Å²) in [5, 5.41) is 3.88. The van der Waals surface area contributed by atoms with Crippen molar-refractivity contribution in [2.45, 2.75) is 43.2 Å². The number of aromatic nitrogens is 2. The third-order valence-electron chi connectivity index (χ3n) is 5.18. The van der Waals surface area contributed by atoms with Crippen molar-refractivity contribution in [3.63, 3.8) is 0 Å². The number of hydrogen-bond acceptors (Lipinski definition) is 6. The average molecular weight is 423 g/mol. The van der Waals surface area contributed by atoms with E-state index in [2.05, 4.69) is 51.4 Å². The van der Waals surface area contributed by atoms with Gasteiger partial charge in [-0.3, -0.25) is 4.79 Å². The molecule has 156 valence electrons. The summed E-state index contributed by atoms with van der Waals surface area (Å²) in [6.45, 7) is 5.92. The minimum absolute atomic E-state index is 0.0607. The minimum Gasteiger partial charge on any atom is -0.465 e. The van der Waals surface area contributed by atoms with Crippen LogP contribution >= 0.6 is 11.8 Å². The highest BCUT2D eigenvalue weighted by molar-refractivity contribution is 7.99. The Kier molecular flexibility index (Phi) is 6.38. The molecule has 1 amide bonds. The van der Waals surface area contributed by atoms with Crippen LogP contribution in [0.3, 0.4) is 0 Å². The van der Waals surface area contributed by atoms with Gasteiger partial charge in [-0.15, -0.1) is 0 Å². The Morgan fingerprint density at radius 1 is 1.23 bits per heavy atom. The largest absolute Gasteiger partial charge is 0.465 e. The normalized spacial score (nSPS) is 16.5. The van der Waals surface area contributed by atoms with Crippen molar-refractivity contribution in [2.75, 3.05) is 18.0 Å². The molecule has 3 heterocycles. The van der Waals surface area contributed by atoms with E-state index in [9.17, 15) is 4.79 Å². The van der Waals surface area contributed by atoms with Crippen molar-refractivity contribution >= 4 is 23.5 Å². The molecular weight excluding hydrogens is 396 g/mol. The third kappa shape index (κ3) is 5.02. The Balaban J connectivity index is 1.43. The summed E-state index contributed by atoms with van der Waals surface area (Å²) in [5.41, 5.74) is 1.21. The van der Waals surface area contributed by atoms with E-state index in [1.54, 1.807) is 24.2 Å². The molecule has 1 aromatic carbocycles. The van der Waals surface area contributed by atoms with Crippen LogP contribution in [0.1, 0.15) is 29.9 Å². The predicted octanol–water partition coefficient (Wildman–Crippen LogP) is 4.37. The Labute approximate surface area is 181 Å². The van der Waals surface area contributed by atoms with Gasteiger partial charge in [-0.05, 0) is 51.0 Å². The van der Waals surface area contributed by atoms with Gasteiger partial charge in [-0.25, -0.2) is 9.97 Å². The second kappa shape index (κ2) is 9.34. The summed E-state index contributed by atoms with van der Waals surface area (Å²) in [7, 11) is 0. The van der Waals surface area contributed by atoms with E-state index < -0.39 is 0 Å². The fourth-order valence-corrected chi connectivity index (χ4v) is 4.68. The second-order valence-corrected chi connectivity index (χ2v) is 8.68. The van der Waals surface area contributed by atoms with E-state index in [1.165, 1.54) is 5.56 Å². The molecule has 1 aliphatic rings. The first-order valence-corrected chi connectivity index (χ1v) is 11.0. The van der Waals surface area contributed by atoms with Crippen molar-refractivity contribution < 1.29 is 9.21 Å². The van der Waals surface area contributed by atoms with Crippen molar-refractivity contribution in [1.29, 1.82) is 0 Å². The van der Waals surface area contributed by atoms with Gasteiger partial charge >= 0.3 is 0 Å². The van der Waals surface area contributed by atoms with Crippen molar-refractivity contribution in [2.24, 2.45) is 5.92 Å². The number of carbonyl (C=O) groups excluding carboxylic acids is 1. The molecule has 30 heavy (non-hydrogen) atoms. The van der Waals surface area contributed by atoms with Crippen LogP contribution in [0.2, 0.25) is 0 Å².